The van der Waals surface area contributed by atoms with Gasteiger partial charge in [0.1, 0.15) is 24.4 Å². The van der Waals surface area contributed by atoms with Crippen LogP contribution in [0, 0.1) is 0 Å². The lowest BCUT2D eigenvalue weighted by Gasteiger charge is -2.27. The number of hydrogen-bond donors (Lipinski definition) is 3. The zero-order chi connectivity index (χ0) is 19.3. The van der Waals surface area contributed by atoms with Gasteiger partial charge in [-0.1, -0.05) is 6.07 Å². The van der Waals surface area contributed by atoms with Gasteiger partial charge >= 0.3 is 12.1 Å². The van der Waals surface area contributed by atoms with Crippen LogP contribution in [0.15, 0.2) is 18.2 Å². The van der Waals surface area contributed by atoms with E-state index in [0.717, 1.165) is 19.3 Å². The molecular formula is C18H25NO7. The molecule has 0 saturated heterocycles. The predicted octanol–water partition coefficient (Wildman–Crippen LogP) is 1.99. The number of carbonyl (C=O) groups excluding carboxylic acids is 2. The molecule has 1 saturated carbocycles. The van der Waals surface area contributed by atoms with Crippen molar-refractivity contribution in [3.8, 4) is 11.5 Å². The van der Waals surface area contributed by atoms with Crippen molar-refractivity contribution in [2.45, 2.75) is 63.9 Å². The van der Waals surface area contributed by atoms with Crippen molar-refractivity contribution in [3.05, 3.63) is 23.8 Å². The van der Waals surface area contributed by atoms with Crippen LogP contribution in [0.2, 0.25) is 0 Å². The van der Waals surface area contributed by atoms with Gasteiger partial charge in [0.2, 0.25) is 0 Å². The van der Waals surface area contributed by atoms with Gasteiger partial charge in [0, 0.05) is 0 Å². The Labute approximate surface area is 151 Å². The first-order valence-corrected chi connectivity index (χ1v) is 8.60. The highest BCUT2D eigenvalue weighted by molar-refractivity contribution is 5.76. The third kappa shape index (κ3) is 5.52. The largest absolute Gasteiger partial charge is 0.508 e. The van der Waals surface area contributed by atoms with Crippen LogP contribution < -0.4 is 5.73 Å². The van der Waals surface area contributed by atoms with Crippen LogP contribution in [0.3, 0.4) is 0 Å². The molecule has 0 spiro atoms. The third-order valence-corrected chi connectivity index (χ3v) is 4.36. The summed E-state index contributed by atoms with van der Waals surface area (Å²) in [6.45, 7) is 3.20. The standard InChI is InChI=1S/C18H25NO7/c1-10(11(2)25-18(23)26-13-4-3-5-13)24-17(22)14(19)8-12-6-7-15(20)16(21)9-12/h6-7,9-11,13-14,20-21H,3-5,8,19H2,1-2H3/t10?,11-,14+/m1/s1. The van der Waals surface area contributed by atoms with Gasteiger partial charge in [-0.15, -0.1) is 0 Å². The molecule has 0 heterocycles. The first kappa shape index (κ1) is 19.8. The summed E-state index contributed by atoms with van der Waals surface area (Å²) in [5, 5.41) is 18.8. The quantitative estimate of drug-likeness (QED) is 0.493. The molecule has 1 aliphatic rings. The zero-order valence-electron chi connectivity index (χ0n) is 14.9. The number of esters is 1. The smallest absolute Gasteiger partial charge is 0.504 e. The van der Waals surface area contributed by atoms with Gasteiger partial charge in [0.25, 0.3) is 0 Å². The van der Waals surface area contributed by atoms with Crippen LogP contribution in [0.5, 0.6) is 11.5 Å². The van der Waals surface area contributed by atoms with Gasteiger partial charge in [0.15, 0.2) is 11.5 Å². The topological polar surface area (TPSA) is 128 Å². The minimum absolute atomic E-state index is 0.0808. The highest BCUT2D eigenvalue weighted by atomic mass is 16.7. The second kappa shape index (κ2) is 8.75. The summed E-state index contributed by atoms with van der Waals surface area (Å²) in [7, 11) is 0. The average Bonchev–Trinajstić information content (AvgIpc) is 2.54. The monoisotopic (exact) mass is 367 g/mol. The SMILES string of the molecule is CC(OC(=O)[C@@H](N)Cc1ccc(O)c(O)c1)[C@@H](C)OC(=O)OC1CCC1. The molecule has 8 heteroatoms. The maximum atomic E-state index is 12.1. The molecule has 4 N–H and O–H groups in total. The lowest BCUT2D eigenvalue weighted by molar-refractivity contribution is -0.156. The van der Waals surface area contributed by atoms with Crippen LogP contribution >= 0.6 is 0 Å². The van der Waals surface area contributed by atoms with Crippen LogP contribution in [-0.2, 0) is 25.4 Å². The third-order valence-electron chi connectivity index (χ3n) is 4.36. The number of benzene rings is 1. The first-order chi connectivity index (χ1) is 12.3. The van der Waals surface area contributed by atoms with Crippen molar-refractivity contribution < 1.29 is 34.0 Å². The fraction of sp³-hybridized carbons (Fsp3) is 0.556. The number of hydrogen-bond acceptors (Lipinski definition) is 8. The molecule has 2 rings (SSSR count). The number of nitrogens with two attached hydrogens (primary N) is 1. The Kier molecular flexibility index (Phi) is 6.68. The normalized spacial score (nSPS) is 17.5. The second-order valence-electron chi connectivity index (χ2n) is 6.52. The van der Waals surface area contributed by atoms with Crippen LogP contribution in [-0.4, -0.2) is 46.7 Å². The Balaban J connectivity index is 1.78. The zero-order valence-corrected chi connectivity index (χ0v) is 14.9. The van der Waals surface area contributed by atoms with Gasteiger partial charge in [0.05, 0.1) is 0 Å². The van der Waals surface area contributed by atoms with Gasteiger partial charge in [-0.2, -0.15) is 0 Å². The van der Waals surface area contributed by atoms with E-state index in [9.17, 15) is 19.8 Å². The molecule has 0 bridgehead atoms. The first-order valence-electron chi connectivity index (χ1n) is 8.60. The average molecular weight is 367 g/mol. The number of aromatic hydroxyl groups is 2. The van der Waals surface area contributed by atoms with E-state index >= 15 is 0 Å². The maximum absolute atomic E-state index is 12.1. The van der Waals surface area contributed by atoms with Gasteiger partial charge in [-0.25, -0.2) is 4.79 Å². The summed E-state index contributed by atoms with van der Waals surface area (Å²) < 4.78 is 15.4. The van der Waals surface area contributed by atoms with E-state index in [1.807, 2.05) is 0 Å². The van der Waals surface area contributed by atoms with Crippen molar-refractivity contribution >= 4 is 12.1 Å². The molecule has 1 fully saturated rings. The van der Waals surface area contributed by atoms with E-state index in [1.165, 1.54) is 12.1 Å². The molecule has 1 aromatic rings. The molecule has 8 nitrogen and oxygen atoms in total. The Morgan fingerprint density at radius 2 is 1.81 bits per heavy atom. The summed E-state index contributed by atoms with van der Waals surface area (Å²) in [5.74, 6) is -1.20. The molecule has 144 valence electrons. The van der Waals surface area contributed by atoms with Crippen molar-refractivity contribution in [2.24, 2.45) is 5.73 Å². The van der Waals surface area contributed by atoms with Crippen LogP contribution in [0.25, 0.3) is 0 Å². The van der Waals surface area contributed by atoms with E-state index in [2.05, 4.69) is 0 Å². The highest BCUT2D eigenvalue weighted by Crippen LogP contribution is 2.25. The maximum Gasteiger partial charge on any atom is 0.508 e. The summed E-state index contributed by atoms with van der Waals surface area (Å²) in [6.07, 6.45) is 0.617. The molecule has 1 unspecified atom stereocenters. The lowest BCUT2D eigenvalue weighted by Crippen LogP contribution is -2.40. The summed E-state index contributed by atoms with van der Waals surface area (Å²) in [4.78, 5) is 23.7. The second-order valence-corrected chi connectivity index (χ2v) is 6.52. The summed E-state index contributed by atoms with van der Waals surface area (Å²) in [6, 6.07) is 3.23. The van der Waals surface area contributed by atoms with Gasteiger partial charge < -0.3 is 30.2 Å². The molecule has 1 aromatic carbocycles. The Morgan fingerprint density at radius 3 is 2.38 bits per heavy atom. The van der Waals surface area contributed by atoms with E-state index in [0.29, 0.717) is 5.56 Å². The fourth-order valence-corrected chi connectivity index (χ4v) is 2.30. The molecule has 0 amide bonds. The van der Waals surface area contributed by atoms with Crippen molar-refractivity contribution in [1.82, 2.24) is 0 Å². The molecule has 1 aliphatic carbocycles. The molecule has 3 atom stereocenters. The lowest BCUT2D eigenvalue weighted by atomic mass is 9.96. The Hall–Kier alpha value is -2.48. The van der Waals surface area contributed by atoms with Gasteiger partial charge in [-0.05, 0) is 57.2 Å². The van der Waals surface area contributed by atoms with E-state index < -0.39 is 30.4 Å². The molecule has 0 aliphatic heterocycles. The van der Waals surface area contributed by atoms with Crippen LogP contribution in [0.1, 0.15) is 38.7 Å². The minimum Gasteiger partial charge on any atom is -0.504 e. The fourth-order valence-electron chi connectivity index (χ4n) is 2.30. The number of phenolic OH excluding ortho intramolecular Hbond substituents is 2. The minimum atomic E-state index is -0.962. The molecule has 26 heavy (non-hydrogen) atoms. The summed E-state index contributed by atoms with van der Waals surface area (Å²) >= 11 is 0. The number of ether oxygens (including phenoxy) is 3. The van der Waals surface area contributed by atoms with Crippen molar-refractivity contribution in [1.29, 1.82) is 0 Å². The van der Waals surface area contributed by atoms with E-state index in [-0.39, 0.29) is 24.0 Å². The van der Waals surface area contributed by atoms with E-state index in [1.54, 1.807) is 19.9 Å². The predicted molar refractivity (Wildman–Crippen MR) is 91.7 cm³/mol. The van der Waals surface area contributed by atoms with Gasteiger partial charge in [-0.3, -0.25) is 4.79 Å². The van der Waals surface area contributed by atoms with Crippen LogP contribution in [0.4, 0.5) is 4.79 Å². The van der Waals surface area contributed by atoms with E-state index in [4.69, 9.17) is 19.9 Å². The number of phenols is 2. The number of carbonyl (C=O) groups is 2. The van der Waals surface area contributed by atoms with Crippen molar-refractivity contribution in [2.75, 3.05) is 0 Å². The molecular weight excluding hydrogens is 342 g/mol. The van der Waals surface area contributed by atoms with Crippen molar-refractivity contribution in [3.63, 3.8) is 0 Å². The summed E-state index contributed by atoms with van der Waals surface area (Å²) in [5.41, 5.74) is 6.40. The Bertz CT molecular complexity index is 644. The molecule has 0 aromatic heterocycles. The highest BCUT2D eigenvalue weighted by Gasteiger charge is 2.27. The molecule has 0 radical (unpaired) electrons. The number of rotatable bonds is 7. The Morgan fingerprint density at radius 1 is 1.15 bits per heavy atom.